The summed E-state index contributed by atoms with van der Waals surface area (Å²) in [5, 5.41) is 9.91. The Labute approximate surface area is 166 Å². The van der Waals surface area contributed by atoms with Crippen molar-refractivity contribution in [2.24, 2.45) is 5.92 Å². The highest BCUT2D eigenvalue weighted by atomic mass is 16.5. The minimum absolute atomic E-state index is 0.113. The Morgan fingerprint density at radius 3 is 2.68 bits per heavy atom. The summed E-state index contributed by atoms with van der Waals surface area (Å²) >= 11 is 0. The largest absolute Gasteiger partial charge is 0.465 e. The van der Waals surface area contributed by atoms with Crippen molar-refractivity contribution in [3.8, 4) is 0 Å². The number of rotatable bonds is 3. The Kier molecular flexibility index (Phi) is 5.33. The molecular formula is C22H25BN2O3. The Balaban J connectivity index is 1.82. The van der Waals surface area contributed by atoms with E-state index < -0.39 is 7.05 Å². The van der Waals surface area contributed by atoms with Gasteiger partial charge in [-0.3, -0.25) is 4.98 Å². The predicted molar refractivity (Wildman–Crippen MR) is 111 cm³/mol. The molecule has 4 rings (SSSR count). The first-order valence-corrected chi connectivity index (χ1v) is 9.86. The van der Waals surface area contributed by atoms with Crippen LogP contribution in [-0.4, -0.2) is 48.0 Å². The maximum absolute atomic E-state index is 12.5. The lowest BCUT2D eigenvalue weighted by Gasteiger charge is -2.37. The fraction of sp³-hybridized carbons (Fsp3) is 0.364. The zero-order chi connectivity index (χ0) is 19.7. The molecule has 1 fully saturated rings. The maximum atomic E-state index is 12.5. The molecule has 1 unspecified atom stereocenters. The number of fused-ring (bicyclic) bond motifs is 2. The van der Waals surface area contributed by atoms with Gasteiger partial charge in [-0.15, -0.1) is 0 Å². The van der Waals surface area contributed by atoms with Gasteiger partial charge >= 0.3 is 13.0 Å². The van der Waals surface area contributed by atoms with Gasteiger partial charge in [0.2, 0.25) is 0 Å². The molecule has 6 heteroatoms. The molecule has 1 aliphatic carbocycles. The number of ether oxygens (including phenoxy) is 1. The summed E-state index contributed by atoms with van der Waals surface area (Å²) in [7, 11) is 1.00. The molecule has 1 aromatic carbocycles. The van der Waals surface area contributed by atoms with Gasteiger partial charge in [0.25, 0.3) is 0 Å². The van der Waals surface area contributed by atoms with Crippen LogP contribution in [0.5, 0.6) is 0 Å². The van der Waals surface area contributed by atoms with Gasteiger partial charge in [0.1, 0.15) is 0 Å². The van der Waals surface area contributed by atoms with Gasteiger partial charge in [-0.1, -0.05) is 30.3 Å². The van der Waals surface area contributed by atoms with Crippen molar-refractivity contribution in [3.63, 3.8) is 0 Å². The Hall–Kier alpha value is -2.44. The van der Waals surface area contributed by atoms with Crippen molar-refractivity contribution in [1.29, 1.82) is 0 Å². The first-order valence-electron chi connectivity index (χ1n) is 9.86. The number of hydrogen-bond donors (Lipinski definition) is 1. The van der Waals surface area contributed by atoms with Gasteiger partial charge in [-0.2, -0.15) is 0 Å². The van der Waals surface area contributed by atoms with Crippen LogP contribution < -0.4 is 0 Å². The van der Waals surface area contributed by atoms with Crippen LogP contribution in [0.15, 0.2) is 42.6 Å². The smallest absolute Gasteiger partial charge is 0.376 e. The number of hydrogen-bond acceptors (Lipinski definition) is 5. The van der Waals surface area contributed by atoms with Crippen molar-refractivity contribution < 1.29 is 14.6 Å². The lowest BCUT2D eigenvalue weighted by Crippen LogP contribution is -2.44. The van der Waals surface area contributed by atoms with Gasteiger partial charge < -0.3 is 14.6 Å². The topological polar surface area (TPSA) is 62.7 Å². The summed E-state index contributed by atoms with van der Waals surface area (Å²) in [4.78, 5) is 19.4. The van der Waals surface area contributed by atoms with Crippen LogP contribution in [0.25, 0.3) is 11.6 Å². The fourth-order valence-electron chi connectivity index (χ4n) is 4.59. The van der Waals surface area contributed by atoms with E-state index in [1.54, 1.807) is 0 Å². The lowest BCUT2D eigenvalue weighted by atomic mass is 9.73. The minimum atomic E-state index is -0.416. The highest BCUT2D eigenvalue weighted by Crippen LogP contribution is 2.44. The quantitative estimate of drug-likeness (QED) is 0.659. The average molecular weight is 376 g/mol. The molecule has 0 spiro atoms. The molecule has 1 aromatic heterocycles. The second kappa shape index (κ2) is 7.90. The van der Waals surface area contributed by atoms with Crippen LogP contribution in [0.4, 0.5) is 0 Å². The standard InChI is InChI=1S/C22H25BN2O3/c1-23(27)25-12-9-15(10-13-25)20-18-8-4-3-7-17(18)19(22(26)28-2)14-16-6-5-11-24-21(16)20/h3-8,11,14-15,20,27H,9-10,12-13H2,1-2H3. The number of piperidine rings is 1. The van der Waals surface area contributed by atoms with Gasteiger partial charge in [0, 0.05) is 12.1 Å². The lowest BCUT2D eigenvalue weighted by molar-refractivity contribution is -0.133. The normalized spacial score (nSPS) is 19.8. The Morgan fingerprint density at radius 1 is 1.21 bits per heavy atom. The van der Waals surface area contributed by atoms with E-state index in [-0.39, 0.29) is 11.9 Å². The number of methoxy groups -OCH3 is 1. The number of aromatic nitrogens is 1. The first kappa shape index (κ1) is 18.9. The highest BCUT2D eigenvalue weighted by molar-refractivity contribution is 6.45. The average Bonchev–Trinajstić information content (AvgIpc) is 2.88. The van der Waals surface area contributed by atoms with E-state index in [4.69, 9.17) is 9.72 Å². The predicted octanol–water partition coefficient (Wildman–Crippen LogP) is 3.06. The zero-order valence-electron chi connectivity index (χ0n) is 16.3. The molecule has 144 valence electrons. The molecular weight excluding hydrogens is 351 g/mol. The summed E-state index contributed by atoms with van der Waals surface area (Å²) in [5.41, 5.74) is 4.63. The van der Waals surface area contributed by atoms with Crippen LogP contribution in [0.2, 0.25) is 6.82 Å². The number of esters is 1. The Bertz CT molecular complexity index is 904. The van der Waals surface area contributed by atoms with E-state index in [0.717, 1.165) is 48.3 Å². The van der Waals surface area contributed by atoms with E-state index in [0.29, 0.717) is 11.5 Å². The molecule has 1 saturated heterocycles. The summed E-state index contributed by atoms with van der Waals surface area (Å²) < 4.78 is 5.08. The van der Waals surface area contributed by atoms with Gasteiger partial charge in [-0.05, 0) is 67.5 Å². The molecule has 2 heterocycles. The zero-order valence-corrected chi connectivity index (χ0v) is 16.3. The van der Waals surface area contributed by atoms with Crippen LogP contribution in [0.1, 0.15) is 41.1 Å². The van der Waals surface area contributed by atoms with E-state index in [1.807, 2.05) is 49.4 Å². The molecule has 5 nitrogen and oxygen atoms in total. The second-order valence-corrected chi connectivity index (χ2v) is 7.60. The molecule has 2 aliphatic rings. The fourth-order valence-corrected chi connectivity index (χ4v) is 4.59. The first-order chi connectivity index (χ1) is 13.6. The summed E-state index contributed by atoms with van der Waals surface area (Å²) in [5.74, 6) is 0.184. The molecule has 1 aliphatic heterocycles. The van der Waals surface area contributed by atoms with Crippen molar-refractivity contribution in [1.82, 2.24) is 9.79 Å². The van der Waals surface area contributed by atoms with Crippen molar-refractivity contribution in [2.75, 3.05) is 20.2 Å². The van der Waals surface area contributed by atoms with Gasteiger partial charge in [0.15, 0.2) is 0 Å². The van der Waals surface area contributed by atoms with Crippen molar-refractivity contribution in [2.45, 2.75) is 25.6 Å². The third kappa shape index (κ3) is 3.38. The molecule has 1 N–H and O–H groups in total. The number of pyridine rings is 1. The third-order valence-corrected chi connectivity index (χ3v) is 6.03. The maximum Gasteiger partial charge on any atom is 0.376 e. The van der Waals surface area contributed by atoms with Crippen LogP contribution in [0.3, 0.4) is 0 Å². The highest BCUT2D eigenvalue weighted by Gasteiger charge is 2.36. The van der Waals surface area contributed by atoms with Crippen LogP contribution in [-0.2, 0) is 9.53 Å². The second-order valence-electron chi connectivity index (χ2n) is 7.60. The van der Waals surface area contributed by atoms with Gasteiger partial charge in [-0.25, -0.2) is 4.79 Å². The van der Waals surface area contributed by atoms with E-state index in [1.165, 1.54) is 7.11 Å². The van der Waals surface area contributed by atoms with Crippen molar-refractivity contribution >= 4 is 24.7 Å². The van der Waals surface area contributed by atoms with Crippen LogP contribution >= 0.6 is 0 Å². The van der Waals surface area contributed by atoms with E-state index >= 15 is 0 Å². The molecule has 0 radical (unpaired) electrons. The molecule has 0 saturated carbocycles. The summed E-state index contributed by atoms with van der Waals surface area (Å²) in [6, 6.07) is 12.0. The van der Waals surface area contributed by atoms with Crippen molar-refractivity contribution in [3.05, 3.63) is 65.0 Å². The molecule has 2 aromatic rings. The number of benzene rings is 1. The molecule has 28 heavy (non-hydrogen) atoms. The van der Waals surface area contributed by atoms with Gasteiger partial charge in [0.05, 0.1) is 18.4 Å². The third-order valence-electron chi connectivity index (χ3n) is 6.03. The Morgan fingerprint density at radius 2 is 1.96 bits per heavy atom. The number of nitrogens with zero attached hydrogens (tertiary/aromatic N) is 2. The van der Waals surface area contributed by atoms with Crippen LogP contribution in [0, 0.1) is 5.92 Å². The summed E-state index contributed by atoms with van der Waals surface area (Å²) in [6.07, 6.45) is 5.70. The monoisotopic (exact) mass is 376 g/mol. The van der Waals surface area contributed by atoms with E-state index in [9.17, 15) is 9.82 Å². The van der Waals surface area contributed by atoms with E-state index in [2.05, 4.69) is 10.9 Å². The number of carbonyl (C=O) groups is 1. The molecule has 0 amide bonds. The minimum Gasteiger partial charge on any atom is -0.465 e. The molecule has 0 bridgehead atoms. The SMILES string of the molecule is COC(=O)C1=Cc2cccnc2C(C2CCN(B(C)O)CC2)c2ccccc21. The number of carbonyl (C=O) groups excluding carboxylic acids is 1. The summed E-state index contributed by atoms with van der Waals surface area (Å²) in [6.45, 7) is 3.55. The molecule has 1 atom stereocenters.